The maximum absolute atomic E-state index is 5.70. The number of hydrogen-bond donors (Lipinski definition) is 0. The zero-order valence-electron chi connectivity index (χ0n) is 11.5. The Morgan fingerprint density at radius 3 is 2.25 bits per heavy atom. The summed E-state index contributed by atoms with van der Waals surface area (Å²) >= 11 is 9.96. The minimum Gasteiger partial charge on any atom is -0.114 e. The lowest BCUT2D eigenvalue weighted by molar-refractivity contribution is 0.508. The standard InChI is InChI=1S/C17H18S3/c1-10(14(18)11-5-3-2-4-6-11)17-19-15-12-7-8-13(9-12)16(15)20-17/h2-6,12-13,15-16H,7-9H2,1H3/t12-,13+,15+,16-. The Labute approximate surface area is 134 Å². The van der Waals surface area contributed by atoms with Crippen LogP contribution < -0.4 is 0 Å². The first kappa shape index (κ1) is 13.4. The summed E-state index contributed by atoms with van der Waals surface area (Å²) in [6.07, 6.45) is 4.43. The Kier molecular flexibility index (Phi) is 3.48. The van der Waals surface area contributed by atoms with Crippen LogP contribution in [0.5, 0.6) is 0 Å². The molecule has 1 saturated heterocycles. The molecule has 0 spiro atoms. The number of allylic oxidation sites excluding steroid dienone is 1. The molecule has 2 aliphatic carbocycles. The summed E-state index contributed by atoms with van der Waals surface area (Å²) < 4.78 is 1.51. The Bertz CT molecular complexity index is 555. The zero-order chi connectivity index (χ0) is 13.7. The highest BCUT2D eigenvalue weighted by molar-refractivity contribution is 8.26. The predicted molar refractivity (Wildman–Crippen MR) is 94.4 cm³/mol. The minimum atomic E-state index is 0.877. The third kappa shape index (κ3) is 2.10. The van der Waals surface area contributed by atoms with Gasteiger partial charge in [-0.15, -0.1) is 23.5 Å². The predicted octanol–water partition coefficient (Wildman–Crippen LogP) is 5.28. The van der Waals surface area contributed by atoms with Crippen LogP contribution >= 0.6 is 35.7 Å². The summed E-state index contributed by atoms with van der Waals surface area (Å²) in [7, 11) is 0. The van der Waals surface area contributed by atoms with Crippen LogP contribution in [0.25, 0.3) is 0 Å². The highest BCUT2D eigenvalue weighted by Crippen LogP contribution is 2.63. The van der Waals surface area contributed by atoms with Crippen molar-refractivity contribution in [1.82, 2.24) is 0 Å². The van der Waals surface area contributed by atoms with Gasteiger partial charge in [0.2, 0.25) is 0 Å². The van der Waals surface area contributed by atoms with Crippen molar-refractivity contribution in [3.05, 3.63) is 45.7 Å². The molecule has 1 aromatic rings. The molecule has 0 nitrogen and oxygen atoms in total. The molecule has 0 amide bonds. The first-order valence-electron chi connectivity index (χ1n) is 7.38. The molecule has 0 aromatic heterocycles. The molecule has 3 aliphatic rings. The van der Waals surface area contributed by atoms with Crippen molar-refractivity contribution in [2.75, 3.05) is 0 Å². The molecule has 3 fully saturated rings. The molecule has 0 unspecified atom stereocenters. The maximum Gasteiger partial charge on any atom is 0.0495 e. The van der Waals surface area contributed by atoms with Gasteiger partial charge in [-0.05, 0) is 49.2 Å². The number of fused-ring (bicyclic) bond motifs is 5. The van der Waals surface area contributed by atoms with Gasteiger partial charge in [0.05, 0.1) is 0 Å². The lowest BCUT2D eigenvalue weighted by Crippen LogP contribution is -2.22. The van der Waals surface area contributed by atoms with Gasteiger partial charge >= 0.3 is 0 Å². The van der Waals surface area contributed by atoms with Crippen molar-refractivity contribution in [2.45, 2.75) is 36.7 Å². The molecular formula is C17H18S3. The van der Waals surface area contributed by atoms with E-state index in [4.69, 9.17) is 12.2 Å². The molecule has 4 atom stereocenters. The molecule has 2 saturated carbocycles. The summed E-state index contributed by atoms with van der Waals surface area (Å²) in [5.41, 5.74) is 2.52. The van der Waals surface area contributed by atoms with Crippen molar-refractivity contribution < 1.29 is 0 Å². The van der Waals surface area contributed by atoms with Gasteiger partial charge in [-0.2, -0.15) is 0 Å². The summed E-state index contributed by atoms with van der Waals surface area (Å²) in [5.74, 6) is 1.97. The van der Waals surface area contributed by atoms with E-state index in [1.54, 1.807) is 0 Å². The molecule has 104 valence electrons. The van der Waals surface area contributed by atoms with E-state index in [0.29, 0.717) is 0 Å². The van der Waals surface area contributed by atoms with Gasteiger partial charge in [0.1, 0.15) is 0 Å². The Balaban J connectivity index is 1.59. The fourth-order valence-electron chi connectivity index (χ4n) is 3.86. The third-order valence-corrected chi connectivity index (χ3v) is 9.17. The average molecular weight is 319 g/mol. The van der Waals surface area contributed by atoms with Gasteiger partial charge < -0.3 is 0 Å². The number of hydrogen-bond acceptors (Lipinski definition) is 3. The number of thiocarbonyl (C=S) groups is 1. The van der Waals surface area contributed by atoms with E-state index in [1.165, 1.54) is 34.6 Å². The highest BCUT2D eigenvalue weighted by Gasteiger charge is 2.52. The van der Waals surface area contributed by atoms with Crippen LogP contribution in [-0.4, -0.2) is 15.4 Å². The first-order chi connectivity index (χ1) is 9.74. The van der Waals surface area contributed by atoms with Crippen LogP contribution in [0.2, 0.25) is 0 Å². The quantitative estimate of drug-likeness (QED) is 0.413. The van der Waals surface area contributed by atoms with E-state index in [-0.39, 0.29) is 0 Å². The molecule has 1 heterocycles. The Morgan fingerprint density at radius 1 is 1.05 bits per heavy atom. The van der Waals surface area contributed by atoms with Gasteiger partial charge in [0, 0.05) is 19.6 Å². The van der Waals surface area contributed by atoms with Gasteiger partial charge in [-0.25, -0.2) is 0 Å². The normalized spacial score (nSPS) is 37.0. The Hall–Kier alpha value is -0.250. The maximum atomic E-state index is 5.70. The molecule has 4 rings (SSSR count). The second-order valence-corrected chi connectivity index (χ2v) is 9.15. The van der Waals surface area contributed by atoms with Crippen LogP contribution in [0.4, 0.5) is 0 Å². The van der Waals surface area contributed by atoms with Crippen LogP contribution in [0.3, 0.4) is 0 Å². The summed E-state index contributed by atoms with van der Waals surface area (Å²) in [4.78, 5) is 1.04. The summed E-state index contributed by atoms with van der Waals surface area (Å²) in [5, 5.41) is 1.75. The minimum absolute atomic E-state index is 0.877. The van der Waals surface area contributed by atoms with E-state index in [0.717, 1.165) is 27.2 Å². The van der Waals surface area contributed by atoms with Crippen molar-refractivity contribution >= 4 is 40.6 Å². The third-order valence-electron chi connectivity index (χ3n) is 4.94. The SMILES string of the molecule is CC(C(=S)c1ccccc1)=C1S[C@@H]2[C@H]3CC[C@H](C3)[C@@H]2S1. The van der Waals surface area contributed by atoms with Crippen LogP contribution in [0, 0.1) is 11.8 Å². The van der Waals surface area contributed by atoms with E-state index in [1.807, 2.05) is 0 Å². The van der Waals surface area contributed by atoms with E-state index < -0.39 is 0 Å². The molecule has 0 N–H and O–H groups in total. The molecule has 2 bridgehead atoms. The largest absolute Gasteiger partial charge is 0.114 e. The van der Waals surface area contributed by atoms with E-state index >= 15 is 0 Å². The van der Waals surface area contributed by atoms with E-state index in [9.17, 15) is 0 Å². The Morgan fingerprint density at radius 2 is 1.65 bits per heavy atom. The van der Waals surface area contributed by atoms with Crippen LogP contribution in [0.15, 0.2) is 40.1 Å². The molecular weight excluding hydrogens is 300 g/mol. The number of thioether (sulfide) groups is 2. The van der Waals surface area contributed by atoms with Gasteiger partial charge in [-0.1, -0.05) is 42.5 Å². The fourth-order valence-corrected chi connectivity index (χ4v) is 8.10. The molecule has 0 radical (unpaired) electrons. The fraction of sp³-hybridized carbons (Fsp3) is 0.471. The average Bonchev–Trinajstić information content (AvgIpc) is 3.18. The van der Waals surface area contributed by atoms with Gasteiger partial charge in [0.25, 0.3) is 0 Å². The number of benzene rings is 1. The van der Waals surface area contributed by atoms with Crippen LogP contribution in [0.1, 0.15) is 31.7 Å². The molecule has 3 heteroatoms. The highest BCUT2D eigenvalue weighted by atomic mass is 32.2. The molecule has 1 aliphatic heterocycles. The molecule has 1 aromatic carbocycles. The lowest BCUT2D eigenvalue weighted by Gasteiger charge is -2.21. The van der Waals surface area contributed by atoms with Crippen LogP contribution in [-0.2, 0) is 0 Å². The van der Waals surface area contributed by atoms with Crippen molar-refractivity contribution in [1.29, 1.82) is 0 Å². The second kappa shape index (κ2) is 5.19. The van der Waals surface area contributed by atoms with E-state index in [2.05, 4.69) is 60.8 Å². The van der Waals surface area contributed by atoms with Crippen molar-refractivity contribution in [3.8, 4) is 0 Å². The summed E-state index contributed by atoms with van der Waals surface area (Å²) in [6, 6.07) is 10.4. The number of rotatable bonds is 2. The van der Waals surface area contributed by atoms with Gasteiger partial charge in [-0.3, -0.25) is 0 Å². The van der Waals surface area contributed by atoms with Gasteiger partial charge in [0.15, 0.2) is 0 Å². The topological polar surface area (TPSA) is 0 Å². The zero-order valence-corrected chi connectivity index (χ0v) is 14.0. The van der Waals surface area contributed by atoms with Crippen molar-refractivity contribution in [3.63, 3.8) is 0 Å². The molecule has 20 heavy (non-hydrogen) atoms. The lowest BCUT2D eigenvalue weighted by atomic mass is 10.00. The second-order valence-electron chi connectivity index (χ2n) is 6.11. The summed E-state index contributed by atoms with van der Waals surface area (Å²) in [6.45, 7) is 2.22. The monoisotopic (exact) mass is 318 g/mol. The van der Waals surface area contributed by atoms with Crippen molar-refractivity contribution in [2.24, 2.45) is 11.8 Å². The smallest absolute Gasteiger partial charge is 0.0495 e. The first-order valence-corrected chi connectivity index (χ1v) is 9.55.